The molecule has 0 saturated heterocycles. The number of nitro benzene ring substituents is 1. The van der Waals surface area contributed by atoms with Crippen molar-refractivity contribution in [2.24, 2.45) is 5.92 Å². The average Bonchev–Trinajstić information content (AvgIpc) is 2.46. The van der Waals surface area contributed by atoms with Crippen molar-refractivity contribution in [1.29, 1.82) is 0 Å². The Morgan fingerprint density at radius 1 is 1.21 bits per heavy atom. The van der Waals surface area contributed by atoms with Crippen LogP contribution in [0.2, 0.25) is 0 Å². The number of aliphatic hydroxyl groups is 1. The molecule has 2 rings (SSSR count). The first-order valence-electron chi connectivity index (χ1n) is 6.65. The first-order chi connectivity index (χ1) is 9.19. The topological polar surface area (TPSA) is 72.6 Å². The summed E-state index contributed by atoms with van der Waals surface area (Å²) in [5.41, 5.74) is 1.06. The average molecular weight is 265 g/mol. The highest BCUT2D eigenvalue weighted by Gasteiger charge is 2.20. The lowest BCUT2D eigenvalue weighted by atomic mass is 9.88. The Bertz CT molecular complexity index is 410. The van der Waals surface area contributed by atoms with Gasteiger partial charge < -0.3 is 9.84 Å². The molecule has 0 heterocycles. The number of nitro groups is 1. The number of benzene rings is 1. The minimum atomic E-state index is -0.402. The van der Waals surface area contributed by atoms with E-state index in [1.165, 1.54) is 12.1 Å². The monoisotopic (exact) mass is 265 g/mol. The third kappa shape index (κ3) is 4.01. The molecule has 5 heteroatoms. The van der Waals surface area contributed by atoms with E-state index in [2.05, 4.69) is 0 Å². The second kappa shape index (κ2) is 6.63. The summed E-state index contributed by atoms with van der Waals surface area (Å²) in [5, 5.41) is 19.6. The lowest BCUT2D eigenvalue weighted by Crippen LogP contribution is -2.23. The van der Waals surface area contributed by atoms with Crippen LogP contribution in [0.5, 0.6) is 0 Å². The molecule has 0 aromatic heterocycles. The number of hydrogen-bond donors (Lipinski definition) is 1. The summed E-state index contributed by atoms with van der Waals surface area (Å²) in [4.78, 5) is 10.1. The summed E-state index contributed by atoms with van der Waals surface area (Å²) in [7, 11) is 0. The Morgan fingerprint density at radius 3 is 2.37 bits per heavy atom. The highest BCUT2D eigenvalue weighted by atomic mass is 16.6. The molecule has 0 unspecified atom stereocenters. The molecule has 0 aliphatic heterocycles. The highest BCUT2D eigenvalue weighted by Crippen LogP contribution is 2.26. The van der Waals surface area contributed by atoms with Crippen LogP contribution in [-0.2, 0) is 11.3 Å². The SMILES string of the molecule is O=[N+]([O-])c1ccc(COC2CCC(CO)CC2)cc1. The number of rotatable bonds is 5. The van der Waals surface area contributed by atoms with Crippen molar-refractivity contribution in [2.45, 2.75) is 38.4 Å². The van der Waals surface area contributed by atoms with Gasteiger partial charge in [-0.1, -0.05) is 0 Å². The van der Waals surface area contributed by atoms with Gasteiger partial charge in [-0.15, -0.1) is 0 Å². The van der Waals surface area contributed by atoms with Gasteiger partial charge in [0.15, 0.2) is 0 Å². The Morgan fingerprint density at radius 2 is 1.84 bits per heavy atom. The van der Waals surface area contributed by atoms with Crippen LogP contribution in [0, 0.1) is 16.0 Å². The second-order valence-corrected chi connectivity index (χ2v) is 5.06. The fourth-order valence-electron chi connectivity index (χ4n) is 2.41. The fraction of sp³-hybridized carbons (Fsp3) is 0.571. The molecule has 1 aliphatic carbocycles. The summed E-state index contributed by atoms with van der Waals surface area (Å²) in [5.74, 6) is 0.430. The molecule has 1 N–H and O–H groups in total. The number of non-ortho nitro benzene ring substituents is 1. The summed E-state index contributed by atoms with van der Waals surface area (Å²) in [6.45, 7) is 0.765. The van der Waals surface area contributed by atoms with Crippen LogP contribution in [0.1, 0.15) is 31.2 Å². The van der Waals surface area contributed by atoms with Crippen LogP contribution in [0.3, 0.4) is 0 Å². The van der Waals surface area contributed by atoms with Gasteiger partial charge in [0.2, 0.25) is 0 Å². The van der Waals surface area contributed by atoms with Crippen LogP contribution in [0.25, 0.3) is 0 Å². The van der Waals surface area contributed by atoms with Gasteiger partial charge in [0.25, 0.3) is 5.69 Å². The van der Waals surface area contributed by atoms with Crippen molar-refractivity contribution < 1.29 is 14.8 Å². The lowest BCUT2D eigenvalue weighted by Gasteiger charge is -2.27. The highest BCUT2D eigenvalue weighted by molar-refractivity contribution is 5.32. The van der Waals surface area contributed by atoms with E-state index < -0.39 is 4.92 Å². The molecular weight excluding hydrogens is 246 g/mol. The summed E-state index contributed by atoms with van der Waals surface area (Å²) in [6, 6.07) is 6.47. The van der Waals surface area contributed by atoms with E-state index in [1.807, 2.05) is 0 Å². The maximum absolute atomic E-state index is 10.5. The van der Waals surface area contributed by atoms with Crippen molar-refractivity contribution in [1.82, 2.24) is 0 Å². The third-order valence-electron chi connectivity index (χ3n) is 3.68. The predicted molar refractivity (Wildman–Crippen MR) is 70.7 cm³/mol. The van der Waals surface area contributed by atoms with Gasteiger partial charge >= 0.3 is 0 Å². The zero-order valence-corrected chi connectivity index (χ0v) is 10.8. The fourth-order valence-corrected chi connectivity index (χ4v) is 2.41. The Hall–Kier alpha value is -1.46. The minimum absolute atomic E-state index is 0.104. The third-order valence-corrected chi connectivity index (χ3v) is 3.68. The number of ether oxygens (including phenoxy) is 1. The number of aliphatic hydroxyl groups excluding tert-OH is 1. The molecule has 1 aromatic rings. The number of nitrogens with zero attached hydrogens (tertiary/aromatic N) is 1. The predicted octanol–water partition coefficient (Wildman–Crippen LogP) is 2.66. The molecule has 1 fully saturated rings. The quantitative estimate of drug-likeness (QED) is 0.656. The van der Waals surface area contributed by atoms with Gasteiger partial charge in [-0.05, 0) is 49.3 Å². The molecule has 1 saturated carbocycles. The van der Waals surface area contributed by atoms with Crippen molar-refractivity contribution in [3.63, 3.8) is 0 Å². The maximum Gasteiger partial charge on any atom is 0.269 e. The molecule has 0 atom stereocenters. The van der Waals surface area contributed by atoms with E-state index in [0.717, 1.165) is 31.2 Å². The van der Waals surface area contributed by atoms with Crippen LogP contribution in [0.4, 0.5) is 5.69 Å². The van der Waals surface area contributed by atoms with Crippen molar-refractivity contribution in [2.75, 3.05) is 6.61 Å². The van der Waals surface area contributed by atoms with Gasteiger partial charge in [0, 0.05) is 18.7 Å². The van der Waals surface area contributed by atoms with Crippen molar-refractivity contribution in [3.05, 3.63) is 39.9 Å². The first-order valence-corrected chi connectivity index (χ1v) is 6.65. The zero-order valence-electron chi connectivity index (χ0n) is 10.8. The van der Waals surface area contributed by atoms with Crippen LogP contribution >= 0.6 is 0 Å². The molecule has 19 heavy (non-hydrogen) atoms. The zero-order chi connectivity index (χ0) is 13.7. The normalized spacial score (nSPS) is 23.2. The van der Waals surface area contributed by atoms with Crippen molar-refractivity contribution in [3.8, 4) is 0 Å². The van der Waals surface area contributed by atoms with E-state index in [0.29, 0.717) is 12.5 Å². The molecule has 5 nitrogen and oxygen atoms in total. The van der Waals surface area contributed by atoms with E-state index in [9.17, 15) is 10.1 Å². The first kappa shape index (κ1) is 14.0. The summed E-state index contributed by atoms with van der Waals surface area (Å²) >= 11 is 0. The van der Waals surface area contributed by atoms with Gasteiger partial charge in [-0.3, -0.25) is 10.1 Å². The molecule has 1 aliphatic rings. The van der Waals surface area contributed by atoms with Gasteiger partial charge in [0.1, 0.15) is 0 Å². The maximum atomic E-state index is 10.5. The smallest absolute Gasteiger partial charge is 0.269 e. The molecule has 0 spiro atoms. The van der Waals surface area contributed by atoms with E-state index in [1.54, 1.807) is 12.1 Å². The van der Waals surface area contributed by atoms with E-state index >= 15 is 0 Å². The van der Waals surface area contributed by atoms with Crippen LogP contribution < -0.4 is 0 Å². The van der Waals surface area contributed by atoms with E-state index in [-0.39, 0.29) is 18.4 Å². The second-order valence-electron chi connectivity index (χ2n) is 5.06. The minimum Gasteiger partial charge on any atom is -0.396 e. The van der Waals surface area contributed by atoms with Crippen LogP contribution in [-0.4, -0.2) is 22.7 Å². The summed E-state index contributed by atoms with van der Waals surface area (Å²) in [6.07, 6.45) is 4.25. The van der Waals surface area contributed by atoms with Crippen LogP contribution in [0.15, 0.2) is 24.3 Å². The Kier molecular flexibility index (Phi) is 4.87. The standard InChI is InChI=1S/C14H19NO4/c16-9-11-3-7-14(8-4-11)19-10-12-1-5-13(6-2-12)15(17)18/h1-2,5-6,11,14,16H,3-4,7-10H2. The van der Waals surface area contributed by atoms with Gasteiger partial charge in [0.05, 0.1) is 17.6 Å². The lowest BCUT2D eigenvalue weighted by molar-refractivity contribution is -0.384. The largest absolute Gasteiger partial charge is 0.396 e. The Balaban J connectivity index is 1.78. The molecule has 0 bridgehead atoms. The van der Waals surface area contributed by atoms with E-state index in [4.69, 9.17) is 9.84 Å². The van der Waals surface area contributed by atoms with Gasteiger partial charge in [-0.25, -0.2) is 0 Å². The molecule has 1 aromatic carbocycles. The van der Waals surface area contributed by atoms with Crippen molar-refractivity contribution >= 4 is 5.69 Å². The molecule has 0 amide bonds. The van der Waals surface area contributed by atoms with Gasteiger partial charge in [-0.2, -0.15) is 0 Å². The molecular formula is C14H19NO4. The Labute approximate surface area is 112 Å². The molecule has 0 radical (unpaired) electrons. The summed E-state index contributed by atoms with van der Waals surface area (Å²) < 4.78 is 5.81. The molecule has 104 valence electrons. The number of hydrogen-bond acceptors (Lipinski definition) is 4.